The van der Waals surface area contributed by atoms with E-state index >= 15 is 4.39 Å². The van der Waals surface area contributed by atoms with Crippen molar-refractivity contribution in [1.82, 2.24) is 9.55 Å². The molecular weight excluding hydrogens is 1130 g/mol. The van der Waals surface area contributed by atoms with Crippen molar-refractivity contribution in [3.63, 3.8) is 0 Å². The normalized spacial score (nSPS) is 14.2. The van der Waals surface area contributed by atoms with Crippen LogP contribution in [0, 0.1) is 31.8 Å². The van der Waals surface area contributed by atoms with E-state index in [0.717, 1.165) is 84.8 Å². The standard InChI is InChI=1S/C43H34FN2O.C23H19F3N2.Ir/c1-26(2)33-22-30(28-14-7-5-8-15-28)23-34(27(3)4)41(33)46-39-21-12-11-20-38(39)45-43(46)32-19-13-18-31-36-24-37(44)35(25-40(36)47-42(31)32)29-16-9-6-10-17-29;1-15-7-6-8-16(2)21(15)28-20-10-5-4-9-19(20)27-22(28,3)17-11-13-18(14-12-17)23(24,25)26;/h5-18,20-27H,1-4H3;4-11,13-14H,1-3H3;/q-1;-2;+3. The van der Waals surface area contributed by atoms with Gasteiger partial charge in [-0.3, -0.25) is 4.98 Å². The number of imidazole rings is 1. The van der Waals surface area contributed by atoms with E-state index in [1.165, 1.54) is 28.3 Å². The minimum Gasteiger partial charge on any atom is -0.659 e. The molecule has 1 atom stereocenters. The molecule has 76 heavy (non-hydrogen) atoms. The molecule has 1 unspecified atom stereocenters. The number of hydrogen-bond donors (Lipinski definition) is 0. The molecule has 12 rings (SSSR count). The summed E-state index contributed by atoms with van der Waals surface area (Å²) in [7, 11) is 0. The summed E-state index contributed by atoms with van der Waals surface area (Å²) < 4.78 is 63.5. The predicted molar refractivity (Wildman–Crippen MR) is 297 cm³/mol. The predicted octanol–water partition coefficient (Wildman–Crippen LogP) is 19.3. The van der Waals surface area contributed by atoms with Crippen LogP contribution in [-0.2, 0) is 31.9 Å². The second kappa shape index (κ2) is 20.4. The van der Waals surface area contributed by atoms with Crippen LogP contribution < -0.4 is 4.90 Å². The van der Waals surface area contributed by atoms with Gasteiger partial charge in [-0.05, 0) is 113 Å². The number of anilines is 2. The van der Waals surface area contributed by atoms with Crippen LogP contribution >= 0.6 is 0 Å². The van der Waals surface area contributed by atoms with Crippen molar-refractivity contribution < 1.29 is 42.1 Å². The average molecular weight is 1190 g/mol. The Hall–Kier alpha value is -7.78. The Bertz CT molecular complexity index is 3870. The van der Waals surface area contributed by atoms with Crippen LogP contribution in [0.15, 0.2) is 186 Å². The third-order valence-electron chi connectivity index (χ3n) is 14.3. The van der Waals surface area contributed by atoms with E-state index in [-0.39, 0.29) is 37.8 Å². The monoisotopic (exact) mass is 1190 g/mol. The molecule has 3 heterocycles. The Morgan fingerprint density at radius 1 is 0.645 bits per heavy atom. The first-order valence-corrected chi connectivity index (χ1v) is 25.2. The summed E-state index contributed by atoms with van der Waals surface area (Å²) in [5.74, 6) is 0.946. The molecule has 0 amide bonds. The molecule has 0 saturated heterocycles. The second-order valence-corrected chi connectivity index (χ2v) is 20.0. The molecule has 380 valence electrons. The maximum atomic E-state index is 15.6. The van der Waals surface area contributed by atoms with E-state index in [2.05, 4.69) is 110 Å². The Morgan fingerprint density at radius 3 is 1.92 bits per heavy atom. The van der Waals surface area contributed by atoms with E-state index in [4.69, 9.17) is 14.7 Å². The Kier molecular flexibility index (Phi) is 13.9. The van der Waals surface area contributed by atoms with Crippen LogP contribution in [0.1, 0.15) is 79.8 Å². The first-order chi connectivity index (χ1) is 36.1. The Labute approximate surface area is 454 Å². The maximum Gasteiger partial charge on any atom is 3.00 e. The van der Waals surface area contributed by atoms with Crippen LogP contribution in [0.5, 0.6) is 0 Å². The topological polar surface area (TPSA) is 48.3 Å². The van der Waals surface area contributed by atoms with Gasteiger partial charge >= 0.3 is 26.3 Å². The van der Waals surface area contributed by atoms with Crippen molar-refractivity contribution in [2.75, 3.05) is 4.90 Å². The summed E-state index contributed by atoms with van der Waals surface area (Å²) >= 11 is 0. The Balaban J connectivity index is 0.000000194. The van der Waals surface area contributed by atoms with Gasteiger partial charge in [0.05, 0.1) is 22.4 Å². The van der Waals surface area contributed by atoms with E-state index in [1.54, 1.807) is 6.07 Å². The van der Waals surface area contributed by atoms with Crippen molar-refractivity contribution >= 4 is 50.0 Å². The first kappa shape index (κ1) is 51.7. The number of rotatable bonds is 8. The number of alkyl halides is 3. The quantitative estimate of drug-likeness (QED) is 0.113. The molecule has 0 saturated carbocycles. The van der Waals surface area contributed by atoms with Gasteiger partial charge < -0.3 is 19.2 Å². The smallest absolute Gasteiger partial charge is 0.659 e. The van der Waals surface area contributed by atoms with Crippen LogP contribution in [0.4, 0.5) is 34.6 Å². The molecule has 11 aromatic rings. The van der Waals surface area contributed by atoms with E-state index < -0.39 is 17.4 Å². The fourth-order valence-electron chi connectivity index (χ4n) is 10.6. The van der Waals surface area contributed by atoms with Gasteiger partial charge in [-0.15, -0.1) is 23.9 Å². The molecule has 0 radical (unpaired) electrons. The first-order valence-electron chi connectivity index (χ1n) is 25.2. The van der Waals surface area contributed by atoms with Gasteiger partial charge in [0.25, 0.3) is 0 Å². The van der Waals surface area contributed by atoms with Gasteiger partial charge in [0.1, 0.15) is 11.4 Å². The van der Waals surface area contributed by atoms with Crippen molar-refractivity contribution in [3.05, 3.63) is 239 Å². The molecular formula is C66H53F4IrN4O. The van der Waals surface area contributed by atoms with Crippen molar-refractivity contribution in [2.45, 2.75) is 72.1 Å². The molecule has 0 N–H and O–H groups in total. The van der Waals surface area contributed by atoms with Crippen molar-refractivity contribution in [2.24, 2.45) is 0 Å². The van der Waals surface area contributed by atoms with Crippen molar-refractivity contribution in [1.29, 1.82) is 0 Å². The molecule has 0 fully saturated rings. The van der Waals surface area contributed by atoms with Crippen LogP contribution in [0.2, 0.25) is 0 Å². The largest absolute Gasteiger partial charge is 3.00 e. The van der Waals surface area contributed by atoms with Gasteiger partial charge in [-0.25, -0.2) is 4.39 Å². The van der Waals surface area contributed by atoms with Crippen LogP contribution in [0.25, 0.3) is 77.6 Å². The average Bonchev–Trinajstić information content (AvgIpc) is 4.07. The van der Waals surface area contributed by atoms with Gasteiger partial charge in [-0.2, -0.15) is 43.0 Å². The summed E-state index contributed by atoms with van der Waals surface area (Å²) in [5, 5.41) is 6.46. The maximum absolute atomic E-state index is 15.6. The molecule has 5 nitrogen and oxygen atoms in total. The number of nitrogens with zero attached hydrogens (tertiary/aromatic N) is 4. The number of furan rings is 1. The van der Waals surface area contributed by atoms with Gasteiger partial charge in [0.2, 0.25) is 0 Å². The summed E-state index contributed by atoms with van der Waals surface area (Å²) in [6, 6.07) is 64.0. The van der Waals surface area contributed by atoms with E-state index in [0.29, 0.717) is 22.3 Å². The molecule has 10 heteroatoms. The van der Waals surface area contributed by atoms with Crippen LogP contribution in [0.3, 0.4) is 0 Å². The molecule has 9 aromatic carbocycles. The number of aryl methyl sites for hydroxylation is 2. The Morgan fingerprint density at radius 2 is 1.28 bits per heavy atom. The molecule has 1 aliphatic rings. The minimum absolute atomic E-state index is 0. The molecule has 1 aliphatic heterocycles. The number of halogens is 4. The molecule has 0 bridgehead atoms. The summed E-state index contributed by atoms with van der Waals surface area (Å²) in [6.07, 6.45) is -4.39. The van der Waals surface area contributed by atoms with Gasteiger partial charge in [0.15, 0.2) is 0 Å². The molecule has 0 spiro atoms. The fraction of sp³-hybridized carbons (Fsp3) is 0.167. The van der Waals surface area contributed by atoms with Gasteiger partial charge in [0, 0.05) is 28.0 Å². The van der Waals surface area contributed by atoms with Crippen molar-refractivity contribution in [3.8, 4) is 39.3 Å². The van der Waals surface area contributed by atoms with E-state index in [9.17, 15) is 13.2 Å². The fourth-order valence-corrected chi connectivity index (χ4v) is 10.6. The van der Waals surface area contributed by atoms with E-state index in [1.807, 2.05) is 118 Å². The summed E-state index contributed by atoms with van der Waals surface area (Å²) in [6.45, 7) is 15.0. The minimum atomic E-state index is -4.39. The van der Waals surface area contributed by atoms with Crippen LogP contribution in [-0.4, -0.2) is 9.55 Å². The zero-order valence-electron chi connectivity index (χ0n) is 43.0. The molecule has 2 aromatic heterocycles. The number of benzene rings is 9. The molecule has 0 aliphatic carbocycles. The third-order valence-corrected chi connectivity index (χ3v) is 14.3. The zero-order valence-corrected chi connectivity index (χ0v) is 45.4. The third kappa shape index (κ3) is 9.17. The summed E-state index contributed by atoms with van der Waals surface area (Å²) in [5.41, 5.74) is 15.1. The zero-order chi connectivity index (χ0) is 52.3. The second-order valence-electron chi connectivity index (χ2n) is 20.0. The number of hydrogen-bond acceptors (Lipinski definition) is 3. The SMILES string of the molecule is CC(C)c1cc(-c2ccccc2)cc(C(C)C)c1-n1c(-c2[c-]ccc3c2oc2cc(-c4ccccc4)c(F)cc23)nc2ccccc21.Cc1cccc(C)c1N1c2ccccc2[N-]C1(C)c1[c-]cc(C(F)(F)F)cc1.[Ir+3]. The van der Waals surface area contributed by atoms with Gasteiger partial charge in [-0.1, -0.05) is 160 Å². The summed E-state index contributed by atoms with van der Waals surface area (Å²) in [4.78, 5) is 7.34. The number of aromatic nitrogens is 2. The number of fused-ring (bicyclic) bond motifs is 5. The number of para-hydroxylation sites is 5.